The lowest BCUT2D eigenvalue weighted by Crippen LogP contribution is -2.23. The minimum atomic E-state index is -0.0637. The largest absolute Gasteiger partial charge is 0.350 e. The van der Waals surface area contributed by atoms with E-state index in [1.807, 2.05) is 7.05 Å². The van der Waals surface area contributed by atoms with Gasteiger partial charge in [-0.1, -0.05) is 38.1 Å². The van der Waals surface area contributed by atoms with Crippen LogP contribution in [0.2, 0.25) is 0 Å². The van der Waals surface area contributed by atoms with E-state index in [1.54, 1.807) is 0 Å². The molecule has 1 aliphatic heterocycles. The van der Waals surface area contributed by atoms with Crippen LogP contribution in [0.15, 0.2) is 24.3 Å². The Labute approximate surface area is 116 Å². The monoisotopic (exact) mass is 263 g/mol. The van der Waals surface area contributed by atoms with Crippen molar-refractivity contribution in [2.75, 3.05) is 20.3 Å². The van der Waals surface area contributed by atoms with Crippen molar-refractivity contribution in [1.82, 2.24) is 5.32 Å². The van der Waals surface area contributed by atoms with Crippen LogP contribution in [0.3, 0.4) is 0 Å². The molecule has 0 aromatic heterocycles. The van der Waals surface area contributed by atoms with Gasteiger partial charge in [-0.05, 0) is 30.5 Å². The molecule has 0 aliphatic carbocycles. The van der Waals surface area contributed by atoms with Gasteiger partial charge in [0, 0.05) is 12.5 Å². The molecule has 1 aliphatic rings. The fourth-order valence-corrected chi connectivity index (χ4v) is 2.56. The lowest BCUT2D eigenvalue weighted by Gasteiger charge is -2.20. The smallest absolute Gasteiger partial charge is 0.159 e. The van der Waals surface area contributed by atoms with Gasteiger partial charge in [-0.2, -0.15) is 0 Å². The third-order valence-electron chi connectivity index (χ3n) is 3.46. The van der Waals surface area contributed by atoms with E-state index in [-0.39, 0.29) is 12.3 Å². The van der Waals surface area contributed by atoms with E-state index in [4.69, 9.17) is 9.47 Å². The van der Waals surface area contributed by atoms with Gasteiger partial charge in [0.15, 0.2) is 6.29 Å². The van der Waals surface area contributed by atoms with E-state index in [1.165, 1.54) is 11.1 Å². The van der Waals surface area contributed by atoms with Gasteiger partial charge < -0.3 is 14.8 Å². The van der Waals surface area contributed by atoms with Crippen molar-refractivity contribution >= 4 is 0 Å². The van der Waals surface area contributed by atoms with Crippen molar-refractivity contribution in [2.45, 2.75) is 39.0 Å². The van der Waals surface area contributed by atoms with Gasteiger partial charge in [0.1, 0.15) is 0 Å². The van der Waals surface area contributed by atoms with Crippen LogP contribution in [-0.2, 0) is 15.9 Å². The van der Waals surface area contributed by atoms with Crippen molar-refractivity contribution in [3.8, 4) is 0 Å². The number of ether oxygens (including phenoxy) is 2. The van der Waals surface area contributed by atoms with Gasteiger partial charge in [-0.25, -0.2) is 0 Å². The van der Waals surface area contributed by atoms with E-state index < -0.39 is 0 Å². The SMILES string of the molecule is CNC(CC1OCCO1)c1cccc(CC(C)C)c1. The summed E-state index contributed by atoms with van der Waals surface area (Å²) in [6.45, 7) is 5.94. The molecule has 0 saturated carbocycles. The van der Waals surface area contributed by atoms with Gasteiger partial charge in [0.05, 0.1) is 13.2 Å². The van der Waals surface area contributed by atoms with Gasteiger partial charge in [0.25, 0.3) is 0 Å². The number of nitrogens with one attached hydrogen (secondary N) is 1. The summed E-state index contributed by atoms with van der Waals surface area (Å²) in [7, 11) is 1.99. The average Bonchev–Trinajstić information content (AvgIpc) is 2.88. The van der Waals surface area contributed by atoms with Crippen LogP contribution in [0.5, 0.6) is 0 Å². The molecule has 106 valence electrons. The molecule has 19 heavy (non-hydrogen) atoms. The fraction of sp³-hybridized carbons (Fsp3) is 0.625. The summed E-state index contributed by atoms with van der Waals surface area (Å²) in [5.41, 5.74) is 2.72. The molecular formula is C16H25NO2. The molecular weight excluding hydrogens is 238 g/mol. The number of hydrogen-bond donors (Lipinski definition) is 1. The molecule has 1 aromatic rings. The summed E-state index contributed by atoms with van der Waals surface area (Å²) in [4.78, 5) is 0. The van der Waals surface area contributed by atoms with Crippen LogP contribution >= 0.6 is 0 Å². The molecule has 1 heterocycles. The zero-order valence-corrected chi connectivity index (χ0v) is 12.2. The fourth-order valence-electron chi connectivity index (χ4n) is 2.56. The Morgan fingerprint density at radius 3 is 2.63 bits per heavy atom. The van der Waals surface area contributed by atoms with Crippen LogP contribution in [0.1, 0.15) is 37.4 Å². The van der Waals surface area contributed by atoms with E-state index in [2.05, 4.69) is 43.4 Å². The van der Waals surface area contributed by atoms with Crippen molar-refractivity contribution in [3.63, 3.8) is 0 Å². The Morgan fingerprint density at radius 1 is 1.26 bits per heavy atom. The summed E-state index contributed by atoms with van der Waals surface area (Å²) >= 11 is 0. The van der Waals surface area contributed by atoms with Crippen LogP contribution in [-0.4, -0.2) is 26.6 Å². The third-order valence-corrected chi connectivity index (χ3v) is 3.46. The maximum Gasteiger partial charge on any atom is 0.159 e. The topological polar surface area (TPSA) is 30.5 Å². The molecule has 1 atom stereocenters. The maximum atomic E-state index is 5.54. The summed E-state index contributed by atoms with van der Waals surface area (Å²) < 4.78 is 11.1. The lowest BCUT2D eigenvalue weighted by atomic mass is 9.97. The molecule has 1 N–H and O–H groups in total. The quantitative estimate of drug-likeness (QED) is 0.856. The first-order chi connectivity index (χ1) is 9.19. The van der Waals surface area contributed by atoms with Crippen LogP contribution in [0, 0.1) is 5.92 Å². The van der Waals surface area contributed by atoms with Crippen molar-refractivity contribution in [2.24, 2.45) is 5.92 Å². The summed E-state index contributed by atoms with van der Waals surface area (Å²) in [6.07, 6.45) is 1.92. The molecule has 0 bridgehead atoms. The predicted molar refractivity (Wildman–Crippen MR) is 77.1 cm³/mol. The molecule has 0 radical (unpaired) electrons. The first kappa shape index (κ1) is 14.5. The summed E-state index contributed by atoms with van der Waals surface area (Å²) in [5.74, 6) is 0.685. The van der Waals surface area contributed by atoms with Crippen molar-refractivity contribution in [1.29, 1.82) is 0 Å². The minimum absolute atomic E-state index is 0.0637. The van der Waals surface area contributed by atoms with Gasteiger partial charge in [-0.15, -0.1) is 0 Å². The standard InChI is InChI=1S/C16H25NO2/c1-12(2)9-13-5-4-6-14(10-13)15(17-3)11-16-18-7-8-19-16/h4-6,10,12,15-17H,7-9,11H2,1-3H3. The van der Waals surface area contributed by atoms with Crippen LogP contribution in [0.4, 0.5) is 0 Å². The van der Waals surface area contributed by atoms with Gasteiger partial charge >= 0.3 is 0 Å². The molecule has 1 unspecified atom stereocenters. The molecule has 1 aromatic carbocycles. The Morgan fingerprint density at radius 2 is 2.00 bits per heavy atom. The molecule has 3 nitrogen and oxygen atoms in total. The first-order valence-electron chi connectivity index (χ1n) is 7.18. The third kappa shape index (κ3) is 4.30. The van der Waals surface area contributed by atoms with Crippen molar-refractivity contribution in [3.05, 3.63) is 35.4 Å². The lowest BCUT2D eigenvalue weighted by molar-refractivity contribution is -0.0526. The minimum Gasteiger partial charge on any atom is -0.350 e. The van der Waals surface area contributed by atoms with Crippen molar-refractivity contribution < 1.29 is 9.47 Å². The number of benzene rings is 1. The number of hydrogen-bond acceptors (Lipinski definition) is 3. The van der Waals surface area contributed by atoms with E-state index in [0.29, 0.717) is 19.1 Å². The highest BCUT2D eigenvalue weighted by Crippen LogP contribution is 2.23. The highest BCUT2D eigenvalue weighted by atomic mass is 16.7. The highest BCUT2D eigenvalue weighted by Gasteiger charge is 2.21. The Balaban J connectivity index is 2.04. The van der Waals surface area contributed by atoms with E-state index in [0.717, 1.165) is 12.8 Å². The second kappa shape index (κ2) is 7.04. The summed E-state index contributed by atoms with van der Waals surface area (Å²) in [5, 5.41) is 3.37. The predicted octanol–water partition coefficient (Wildman–Crippen LogP) is 2.91. The van der Waals surface area contributed by atoms with E-state index in [9.17, 15) is 0 Å². The first-order valence-corrected chi connectivity index (χ1v) is 7.18. The van der Waals surface area contributed by atoms with Crippen LogP contribution < -0.4 is 5.32 Å². The highest BCUT2D eigenvalue weighted by molar-refractivity contribution is 5.26. The Bertz CT molecular complexity index is 386. The molecule has 1 saturated heterocycles. The van der Waals surface area contributed by atoms with Gasteiger partial charge in [0.2, 0.25) is 0 Å². The number of rotatable bonds is 6. The molecule has 0 amide bonds. The van der Waals surface area contributed by atoms with E-state index >= 15 is 0 Å². The molecule has 3 heteroatoms. The molecule has 0 spiro atoms. The zero-order valence-electron chi connectivity index (χ0n) is 12.2. The maximum absolute atomic E-state index is 5.54. The Hall–Kier alpha value is -0.900. The summed E-state index contributed by atoms with van der Waals surface area (Å²) in [6, 6.07) is 9.12. The molecule has 1 fully saturated rings. The van der Waals surface area contributed by atoms with Crippen LogP contribution in [0.25, 0.3) is 0 Å². The second-order valence-electron chi connectivity index (χ2n) is 5.59. The molecule has 2 rings (SSSR count). The second-order valence-corrected chi connectivity index (χ2v) is 5.59. The average molecular weight is 263 g/mol. The Kier molecular flexibility index (Phi) is 5.37. The van der Waals surface area contributed by atoms with Gasteiger partial charge in [-0.3, -0.25) is 0 Å². The zero-order chi connectivity index (χ0) is 13.7. The normalized spacial score (nSPS) is 18.1.